The molecule has 1 heterocycles. The van der Waals surface area contributed by atoms with Gasteiger partial charge in [0, 0.05) is 15.6 Å². The van der Waals surface area contributed by atoms with Crippen molar-refractivity contribution in [2.24, 2.45) is 0 Å². The second kappa shape index (κ2) is 4.72. The number of benzene rings is 1. The third-order valence-corrected chi connectivity index (χ3v) is 3.85. The van der Waals surface area contributed by atoms with Gasteiger partial charge in [0.2, 0.25) is 0 Å². The van der Waals surface area contributed by atoms with Crippen LogP contribution >= 0.6 is 34.5 Å². The standard InChI is InChI=1S/C11H9Cl2NOS/c1-6-11(16-5-14-6)10(15)8-4-7(12)2-3-9(8)13/h2-5,10,15H,1H3. The van der Waals surface area contributed by atoms with Crippen molar-refractivity contribution < 1.29 is 5.11 Å². The third kappa shape index (κ3) is 2.23. The molecular weight excluding hydrogens is 265 g/mol. The van der Waals surface area contributed by atoms with Crippen LogP contribution in [0, 0.1) is 6.92 Å². The average Bonchev–Trinajstić information content (AvgIpc) is 2.67. The van der Waals surface area contributed by atoms with Crippen molar-refractivity contribution in [1.82, 2.24) is 4.98 Å². The zero-order chi connectivity index (χ0) is 11.7. The van der Waals surface area contributed by atoms with Crippen molar-refractivity contribution >= 4 is 34.5 Å². The Labute approximate surface area is 107 Å². The molecule has 0 radical (unpaired) electrons. The number of aryl methyl sites for hydroxylation is 1. The smallest absolute Gasteiger partial charge is 0.117 e. The van der Waals surface area contributed by atoms with Gasteiger partial charge in [-0.15, -0.1) is 11.3 Å². The van der Waals surface area contributed by atoms with Gasteiger partial charge in [-0.1, -0.05) is 23.2 Å². The van der Waals surface area contributed by atoms with Crippen LogP contribution in [0.25, 0.3) is 0 Å². The largest absolute Gasteiger partial charge is 0.383 e. The molecule has 1 aromatic heterocycles. The van der Waals surface area contributed by atoms with E-state index in [1.165, 1.54) is 11.3 Å². The second-order valence-corrected chi connectivity index (χ2v) is 5.10. The van der Waals surface area contributed by atoms with Crippen molar-refractivity contribution in [3.8, 4) is 0 Å². The molecule has 0 amide bonds. The molecule has 0 aliphatic carbocycles. The van der Waals surface area contributed by atoms with E-state index in [0.717, 1.165) is 10.6 Å². The Morgan fingerprint density at radius 3 is 2.75 bits per heavy atom. The summed E-state index contributed by atoms with van der Waals surface area (Å²) in [5, 5.41) is 11.3. The van der Waals surface area contributed by atoms with Crippen LogP contribution < -0.4 is 0 Å². The fourth-order valence-electron chi connectivity index (χ4n) is 1.44. The number of hydrogen-bond donors (Lipinski definition) is 1. The summed E-state index contributed by atoms with van der Waals surface area (Å²) in [7, 11) is 0. The molecule has 2 rings (SSSR count). The van der Waals surface area contributed by atoms with Gasteiger partial charge in [-0.25, -0.2) is 4.98 Å². The molecule has 1 aromatic carbocycles. The van der Waals surface area contributed by atoms with Gasteiger partial charge in [0.15, 0.2) is 0 Å². The zero-order valence-corrected chi connectivity index (χ0v) is 10.8. The van der Waals surface area contributed by atoms with Gasteiger partial charge < -0.3 is 5.11 Å². The van der Waals surface area contributed by atoms with Crippen molar-refractivity contribution in [1.29, 1.82) is 0 Å². The Kier molecular flexibility index (Phi) is 3.50. The Hall–Kier alpha value is -0.610. The maximum Gasteiger partial charge on any atom is 0.117 e. The quantitative estimate of drug-likeness (QED) is 0.902. The zero-order valence-electron chi connectivity index (χ0n) is 8.45. The predicted octanol–water partition coefficient (Wildman–Crippen LogP) is 3.84. The van der Waals surface area contributed by atoms with Gasteiger partial charge >= 0.3 is 0 Å². The van der Waals surface area contributed by atoms with E-state index in [4.69, 9.17) is 23.2 Å². The highest BCUT2D eigenvalue weighted by Crippen LogP contribution is 2.33. The number of aliphatic hydroxyl groups excluding tert-OH is 1. The number of hydrogen-bond acceptors (Lipinski definition) is 3. The molecule has 0 aliphatic rings. The van der Waals surface area contributed by atoms with E-state index in [0.29, 0.717) is 15.6 Å². The van der Waals surface area contributed by atoms with Crippen LogP contribution in [0.1, 0.15) is 22.2 Å². The molecule has 1 atom stereocenters. The summed E-state index contributed by atoms with van der Waals surface area (Å²) in [6.45, 7) is 1.85. The molecule has 0 aliphatic heterocycles. The number of halogens is 2. The minimum absolute atomic E-state index is 0.504. The number of aliphatic hydroxyl groups is 1. The van der Waals surface area contributed by atoms with E-state index < -0.39 is 6.10 Å². The van der Waals surface area contributed by atoms with E-state index in [2.05, 4.69) is 4.98 Å². The lowest BCUT2D eigenvalue weighted by Gasteiger charge is -2.11. The van der Waals surface area contributed by atoms with Crippen LogP contribution in [0.15, 0.2) is 23.7 Å². The number of aromatic nitrogens is 1. The van der Waals surface area contributed by atoms with Crippen LogP contribution in [0.5, 0.6) is 0 Å². The molecule has 0 saturated carbocycles. The summed E-state index contributed by atoms with van der Waals surface area (Å²) in [5.74, 6) is 0. The molecule has 0 fully saturated rings. The Bertz CT molecular complexity index is 512. The SMILES string of the molecule is Cc1ncsc1C(O)c1cc(Cl)ccc1Cl. The van der Waals surface area contributed by atoms with Gasteiger partial charge in [0.05, 0.1) is 16.1 Å². The number of rotatable bonds is 2. The van der Waals surface area contributed by atoms with Crippen molar-refractivity contribution in [2.45, 2.75) is 13.0 Å². The molecule has 84 valence electrons. The minimum atomic E-state index is -0.765. The molecular formula is C11H9Cl2NOS. The maximum atomic E-state index is 10.2. The number of nitrogens with zero attached hydrogens (tertiary/aromatic N) is 1. The first-order chi connectivity index (χ1) is 7.59. The van der Waals surface area contributed by atoms with Gasteiger partial charge in [0.1, 0.15) is 6.10 Å². The van der Waals surface area contributed by atoms with E-state index in [1.54, 1.807) is 23.7 Å². The molecule has 0 bridgehead atoms. The van der Waals surface area contributed by atoms with Gasteiger partial charge in [-0.05, 0) is 25.1 Å². The molecule has 2 aromatic rings. The topological polar surface area (TPSA) is 33.1 Å². The highest BCUT2D eigenvalue weighted by Gasteiger charge is 2.18. The summed E-state index contributed by atoms with van der Waals surface area (Å²) in [5.41, 5.74) is 3.13. The molecule has 1 unspecified atom stereocenters. The average molecular weight is 274 g/mol. The van der Waals surface area contributed by atoms with Gasteiger partial charge in [-0.3, -0.25) is 0 Å². The highest BCUT2D eigenvalue weighted by atomic mass is 35.5. The minimum Gasteiger partial charge on any atom is -0.383 e. The Morgan fingerprint density at radius 1 is 1.38 bits per heavy atom. The Morgan fingerprint density at radius 2 is 2.12 bits per heavy atom. The van der Waals surface area contributed by atoms with Gasteiger partial charge in [0.25, 0.3) is 0 Å². The first-order valence-electron chi connectivity index (χ1n) is 4.62. The van der Waals surface area contributed by atoms with Crippen LogP contribution in [0.2, 0.25) is 10.0 Å². The molecule has 1 N–H and O–H groups in total. The lowest BCUT2D eigenvalue weighted by molar-refractivity contribution is 0.223. The summed E-state index contributed by atoms with van der Waals surface area (Å²) >= 11 is 13.3. The number of thiazole rings is 1. The first-order valence-corrected chi connectivity index (χ1v) is 6.26. The van der Waals surface area contributed by atoms with E-state index in [1.807, 2.05) is 6.92 Å². The lowest BCUT2D eigenvalue weighted by atomic mass is 10.1. The fraction of sp³-hybridized carbons (Fsp3) is 0.182. The lowest BCUT2D eigenvalue weighted by Crippen LogP contribution is -2.00. The fourth-order valence-corrected chi connectivity index (χ4v) is 2.64. The van der Waals surface area contributed by atoms with Crippen molar-refractivity contribution in [3.05, 3.63) is 49.9 Å². The second-order valence-electron chi connectivity index (χ2n) is 3.37. The van der Waals surface area contributed by atoms with Crippen molar-refractivity contribution in [3.63, 3.8) is 0 Å². The maximum absolute atomic E-state index is 10.2. The van der Waals surface area contributed by atoms with E-state index in [-0.39, 0.29) is 0 Å². The summed E-state index contributed by atoms with van der Waals surface area (Å²) < 4.78 is 0. The predicted molar refractivity (Wildman–Crippen MR) is 67.4 cm³/mol. The van der Waals surface area contributed by atoms with Crippen LogP contribution in [0.3, 0.4) is 0 Å². The summed E-state index contributed by atoms with van der Waals surface area (Å²) in [4.78, 5) is 4.89. The third-order valence-electron chi connectivity index (χ3n) is 2.28. The van der Waals surface area contributed by atoms with Crippen molar-refractivity contribution in [2.75, 3.05) is 0 Å². The Balaban J connectivity index is 2.45. The summed E-state index contributed by atoms with van der Waals surface area (Å²) in [6, 6.07) is 5.05. The van der Waals surface area contributed by atoms with Crippen LogP contribution in [-0.2, 0) is 0 Å². The van der Waals surface area contributed by atoms with Gasteiger partial charge in [-0.2, -0.15) is 0 Å². The highest BCUT2D eigenvalue weighted by molar-refractivity contribution is 7.09. The molecule has 5 heteroatoms. The first kappa shape index (κ1) is 11.9. The molecule has 0 saturated heterocycles. The normalized spacial score (nSPS) is 12.8. The van der Waals surface area contributed by atoms with E-state index in [9.17, 15) is 5.11 Å². The van der Waals surface area contributed by atoms with Crippen LogP contribution in [0.4, 0.5) is 0 Å². The van der Waals surface area contributed by atoms with E-state index >= 15 is 0 Å². The molecule has 16 heavy (non-hydrogen) atoms. The summed E-state index contributed by atoms with van der Waals surface area (Å²) in [6.07, 6.45) is -0.765. The monoisotopic (exact) mass is 273 g/mol. The molecule has 0 spiro atoms. The van der Waals surface area contributed by atoms with Crippen LogP contribution in [-0.4, -0.2) is 10.1 Å². The molecule has 2 nitrogen and oxygen atoms in total.